The number of carbonyl (C=O) groups is 1. The van der Waals surface area contributed by atoms with E-state index in [4.69, 9.17) is 0 Å². The van der Waals surface area contributed by atoms with Crippen LogP contribution in [0.4, 0.5) is 0 Å². The topological polar surface area (TPSA) is 66.0 Å². The molecule has 0 spiro atoms. The van der Waals surface area contributed by atoms with E-state index in [0.29, 0.717) is 5.82 Å². The van der Waals surface area contributed by atoms with Crippen LogP contribution in [-0.2, 0) is 4.79 Å². The summed E-state index contributed by atoms with van der Waals surface area (Å²) in [5.41, 5.74) is 2.07. The molecular formula is C13H16N2O2S. The maximum atomic E-state index is 11.2. The molecule has 0 aliphatic rings. The molecule has 2 aromatic heterocycles. The second-order valence-electron chi connectivity index (χ2n) is 4.67. The summed E-state index contributed by atoms with van der Waals surface area (Å²) in [5.74, 6) is -0.890. The van der Waals surface area contributed by atoms with Gasteiger partial charge in [0.05, 0.1) is 16.8 Å². The standard InChI is InChI=1S/C13H16N2O2S/c1-7(2)10(13(16)17)12-14-6-9(15-12)11-8(3)4-5-18-11/h4-7,10H,1-3H3,(H,14,15)(H,16,17). The van der Waals surface area contributed by atoms with Crippen LogP contribution in [-0.4, -0.2) is 21.0 Å². The number of imidazole rings is 1. The minimum atomic E-state index is -0.839. The number of aromatic nitrogens is 2. The molecule has 96 valence electrons. The Kier molecular flexibility index (Phi) is 3.52. The Labute approximate surface area is 110 Å². The van der Waals surface area contributed by atoms with Crippen molar-refractivity contribution in [1.29, 1.82) is 0 Å². The molecule has 0 radical (unpaired) electrons. The van der Waals surface area contributed by atoms with Crippen molar-refractivity contribution in [2.75, 3.05) is 0 Å². The van der Waals surface area contributed by atoms with Gasteiger partial charge in [-0.3, -0.25) is 4.79 Å². The molecule has 0 bridgehead atoms. The normalized spacial score (nSPS) is 12.9. The molecule has 2 rings (SSSR count). The predicted octanol–water partition coefficient (Wildman–Crippen LogP) is 3.27. The van der Waals surface area contributed by atoms with Gasteiger partial charge in [0.1, 0.15) is 11.7 Å². The molecule has 2 N–H and O–H groups in total. The van der Waals surface area contributed by atoms with Gasteiger partial charge in [-0.05, 0) is 29.9 Å². The fourth-order valence-electron chi connectivity index (χ4n) is 1.98. The molecule has 0 saturated carbocycles. The van der Waals surface area contributed by atoms with Gasteiger partial charge >= 0.3 is 5.97 Å². The minimum Gasteiger partial charge on any atom is -0.481 e. The largest absolute Gasteiger partial charge is 0.481 e. The third kappa shape index (κ3) is 2.31. The molecule has 0 saturated heterocycles. The Morgan fingerprint density at radius 2 is 2.22 bits per heavy atom. The first-order chi connectivity index (χ1) is 8.50. The molecule has 0 aliphatic heterocycles. The van der Waals surface area contributed by atoms with E-state index in [2.05, 4.69) is 9.97 Å². The number of hydrogen-bond donors (Lipinski definition) is 2. The lowest BCUT2D eigenvalue weighted by molar-refractivity contribution is -0.140. The lowest BCUT2D eigenvalue weighted by Gasteiger charge is -2.13. The fraction of sp³-hybridized carbons (Fsp3) is 0.385. The second-order valence-corrected chi connectivity index (χ2v) is 5.59. The molecule has 2 aromatic rings. The number of H-pyrrole nitrogens is 1. The first-order valence-corrected chi connectivity index (χ1v) is 6.71. The van der Waals surface area contributed by atoms with E-state index >= 15 is 0 Å². The summed E-state index contributed by atoms with van der Waals surface area (Å²) >= 11 is 1.63. The van der Waals surface area contributed by atoms with Crippen molar-refractivity contribution in [2.24, 2.45) is 5.92 Å². The zero-order valence-electron chi connectivity index (χ0n) is 10.6. The molecule has 0 aliphatic carbocycles. The van der Waals surface area contributed by atoms with Crippen molar-refractivity contribution >= 4 is 17.3 Å². The Hall–Kier alpha value is -1.62. The molecule has 1 atom stereocenters. The van der Waals surface area contributed by atoms with Crippen LogP contribution >= 0.6 is 11.3 Å². The van der Waals surface area contributed by atoms with E-state index in [1.54, 1.807) is 17.5 Å². The van der Waals surface area contributed by atoms with Crippen molar-refractivity contribution in [3.63, 3.8) is 0 Å². The molecule has 0 fully saturated rings. The molecule has 0 amide bonds. The maximum absolute atomic E-state index is 11.2. The van der Waals surface area contributed by atoms with Gasteiger partial charge in [0, 0.05) is 0 Å². The Morgan fingerprint density at radius 3 is 2.72 bits per heavy atom. The number of thiophene rings is 1. The van der Waals surface area contributed by atoms with E-state index in [-0.39, 0.29) is 5.92 Å². The monoisotopic (exact) mass is 264 g/mol. The van der Waals surface area contributed by atoms with Crippen LogP contribution in [0.15, 0.2) is 17.6 Å². The fourth-order valence-corrected chi connectivity index (χ4v) is 2.87. The zero-order chi connectivity index (χ0) is 13.3. The SMILES string of the molecule is Cc1ccsc1-c1cnc(C(C(=O)O)C(C)C)[nH]1. The van der Waals surface area contributed by atoms with Crippen LogP contribution in [0, 0.1) is 12.8 Å². The maximum Gasteiger partial charge on any atom is 0.314 e. The first-order valence-electron chi connectivity index (χ1n) is 5.83. The van der Waals surface area contributed by atoms with Gasteiger partial charge in [0.15, 0.2) is 0 Å². The molecule has 1 unspecified atom stereocenters. The molecule has 5 heteroatoms. The summed E-state index contributed by atoms with van der Waals surface area (Å²) in [6.45, 7) is 5.80. The summed E-state index contributed by atoms with van der Waals surface area (Å²) in [4.78, 5) is 19.7. The van der Waals surface area contributed by atoms with Crippen LogP contribution in [0.25, 0.3) is 10.6 Å². The molecule has 2 heterocycles. The molecule has 18 heavy (non-hydrogen) atoms. The van der Waals surface area contributed by atoms with E-state index < -0.39 is 11.9 Å². The smallest absolute Gasteiger partial charge is 0.314 e. The quantitative estimate of drug-likeness (QED) is 0.890. The molecule has 0 aromatic carbocycles. The average molecular weight is 264 g/mol. The Morgan fingerprint density at radius 1 is 1.50 bits per heavy atom. The average Bonchev–Trinajstić information content (AvgIpc) is 2.85. The lowest BCUT2D eigenvalue weighted by Crippen LogP contribution is -2.18. The van der Waals surface area contributed by atoms with E-state index in [9.17, 15) is 9.90 Å². The molecule has 4 nitrogen and oxygen atoms in total. The van der Waals surface area contributed by atoms with Crippen molar-refractivity contribution in [3.05, 3.63) is 29.0 Å². The number of rotatable bonds is 4. The van der Waals surface area contributed by atoms with Crippen LogP contribution in [0.5, 0.6) is 0 Å². The highest BCUT2D eigenvalue weighted by Crippen LogP contribution is 2.30. The number of hydrogen-bond acceptors (Lipinski definition) is 3. The van der Waals surface area contributed by atoms with Crippen LogP contribution in [0.3, 0.4) is 0 Å². The zero-order valence-corrected chi connectivity index (χ0v) is 11.4. The van der Waals surface area contributed by atoms with Crippen LogP contribution in [0.2, 0.25) is 0 Å². The Balaban J connectivity index is 2.36. The summed E-state index contributed by atoms with van der Waals surface area (Å²) in [6.07, 6.45) is 1.71. The number of aromatic amines is 1. The van der Waals surface area contributed by atoms with Gasteiger partial charge in [-0.2, -0.15) is 0 Å². The molecular weight excluding hydrogens is 248 g/mol. The van der Waals surface area contributed by atoms with Crippen LogP contribution in [0.1, 0.15) is 31.2 Å². The highest BCUT2D eigenvalue weighted by Gasteiger charge is 2.26. The van der Waals surface area contributed by atoms with Gasteiger partial charge in [0.25, 0.3) is 0 Å². The van der Waals surface area contributed by atoms with Gasteiger partial charge < -0.3 is 10.1 Å². The highest BCUT2D eigenvalue weighted by molar-refractivity contribution is 7.13. The summed E-state index contributed by atoms with van der Waals surface area (Å²) in [7, 11) is 0. The van der Waals surface area contributed by atoms with E-state index in [0.717, 1.165) is 10.6 Å². The van der Waals surface area contributed by atoms with Gasteiger partial charge in [-0.15, -0.1) is 11.3 Å². The number of aliphatic carboxylic acids is 1. The predicted molar refractivity (Wildman–Crippen MR) is 71.9 cm³/mol. The summed E-state index contributed by atoms with van der Waals surface area (Å²) in [5, 5.41) is 11.3. The summed E-state index contributed by atoms with van der Waals surface area (Å²) < 4.78 is 0. The van der Waals surface area contributed by atoms with Gasteiger partial charge in [0.2, 0.25) is 0 Å². The first kappa shape index (κ1) is 12.8. The number of carboxylic acids is 1. The van der Waals surface area contributed by atoms with E-state index in [1.807, 2.05) is 32.2 Å². The number of carboxylic acid groups (broad SMARTS) is 1. The highest BCUT2D eigenvalue weighted by atomic mass is 32.1. The lowest BCUT2D eigenvalue weighted by atomic mass is 9.95. The Bertz CT molecular complexity index is 557. The third-order valence-corrected chi connectivity index (χ3v) is 3.98. The number of nitrogens with one attached hydrogen (secondary N) is 1. The van der Waals surface area contributed by atoms with Gasteiger partial charge in [-0.1, -0.05) is 13.8 Å². The third-order valence-electron chi connectivity index (χ3n) is 2.93. The van der Waals surface area contributed by atoms with Crippen molar-refractivity contribution in [2.45, 2.75) is 26.7 Å². The minimum absolute atomic E-state index is 0.00549. The van der Waals surface area contributed by atoms with Crippen molar-refractivity contribution in [3.8, 4) is 10.6 Å². The number of aryl methyl sites for hydroxylation is 1. The van der Waals surface area contributed by atoms with Crippen LogP contribution < -0.4 is 0 Å². The van der Waals surface area contributed by atoms with Crippen molar-refractivity contribution in [1.82, 2.24) is 9.97 Å². The van der Waals surface area contributed by atoms with E-state index in [1.165, 1.54) is 5.56 Å². The summed E-state index contributed by atoms with van der Waals surface area (Å²) in [6, 6.07) is 2.04. The second kappa shape index (κ2) is 4.94. The number of nitrogens with zero attached hydrogens (tertiary/aromatic N) is 1. The van der Waals surface area contributed by atoms with Crippen molar-refractivity contribution < 1.29 is 9.90 Å². The van der Waals surface area contributed by atoms with Gasteiger partial charge in [-0.25, -0.2) is 4.98 Å².